The third-order valence-electron chi connectivity index (χ3n) is 6.79. The van der Waals surface area contributed by atoms with Gasteiger partial charge >= 0.3 is 0 Å². The summed E-state index contributed by atoms with van der Waals surface area (Å²) in [6, 6.07) is 25.6. The number of pyridine rings is 4. The highest BCUT2D eigenvalue weighted by atomic mass is 15.1. The second-order valence-electron chi connectivity index (χ2n) is 9.59. The first kappa shape index (κ1) is 22.0. The fourth-order valence-electron chi connectivity index (χ4n) is 5.12. The maximum Gasteiger partial charge on any atom is 0.0547 e. The minimum absolute atomic E-state index is 0.215. The minimum Gasteiger partial charge on any atom is -0.306 e. The van der Waals surface area contributed by atoms with Gasteiger partial charge in [0, 0.05) is 61.4 Å². The van der Waals surface area contributed by atoms with Crippen molar-refractivity contribution in [2.45, 2.75) is 51.4 Å². The van der Waals surface area contributed by atoms with Gasteiger partial charge in [0.1, 0.15) is 0 Å². The predicted octanol–water partition coefficient (Wildman–Crippen LogP) is 4.00. The van der Waals surface area contributed by atoms with Crippen LogP contribution in [0, 0.1) is 0 Å². The molecule has 0 spiro atoms. The molecule has 1 atom stereocenters. The first-order valence-corrected chi connectivity index (χ1v) is 12.5. The smallest absolute Gasteiger partial charge is 0.0547 e. The van der Waals surface area contributed by atoms with E-state index in [1.807, 2.05) is 0 Å². The summed E-state index contributed by atoms with van der Waals surface area (Å²) in [4.78, 5) is 22.4. The van der Waals surface area contributed by atoms with Crippen molar-refractivity contribution in [1.82, 2.24) is 30.2 Å². The van der Waals surface area contributed by atoms with Gasteiger partial charge in [0.15, 0.2) is 0 Å². The maximum atomic E-state index is 5.06. The summed E-state index contributed by atoms with van der Waals surface area (Å²) in [7, 11) is 0. The Bertz CT molecular complexity index is 1270. The van der Waals surface area contributed by atoms with Crippen LogP contribution in [0.2, 0.25) is 0 Å². The van der Waals surface area contributed by atoms with E-state index in [2.05, 4.69) is 83.0 Å². The molecule has 4 aromatic rings. The molecule has 1 unspecified atom stereocenters. The standard InChI is InChI=1S/C29H30N6/c1-5-22-13-14-23-6-2-11-28(32-23)20-35(19-27(10-1)31-22)18-21-15-24-7-3-8-25(33-24)16-30-17-26-9-4-12-29(21)34-26/h1-12,21,30H,13-20H2. The Morgan fingerprint density at radius 3 is 1.80 bits per heavy atom. The lowest BCUT2D eigenvalue weighted by molar-refractivity contribution is 0.231. The number of fused-ring (bicyclic) bond motifs is 8. The third kappa shape index (κ3) is 5.45. The summed E-state index contributed by atoms with van der Waals surface area (Å²) < 4.78 is 0. The molecule has 2 aliphatic heterocycles. The molecular weight excluding hydrogens is 432 g/mol. The average molecular weight is 463 g/mol. The Labute approximate surface area is 206 Å². The van der Waals surface area contributed by atoms with Crippen LogP contribution in [0.3, 0.4) is 0 Å². The van der Waals surface area contributed by atoms with Gasteiger partial charge in [0.25, 0.3) is 0 Å². The number of nitrogens with zero attached hydrogens (tertiary/aromatic N) is 5. The van der Waals surface area contributed by atoms with Crippen molar-refractivity contribution in [3.8, 4) is 0 Å². The van der Waals surface area contributed by atoms with E-state index in [0.717, 1.165) is 97.5 Å². The zero-order chi connectivity index (χ0) is 23.5. The van der Waals surface area contributed by atoms with Crippen LogP contribution in [0.4, 0.5) is 0 Å². The lowest BCUT2D eigenvalue weighted by Gasteiger charge is -2.27. The number of nitrogens with one attached hydrogen (secondary N) is 1. The predicted molar refractivity (Wildman–Crippen MR) is 135 cm³/mol. The van der Waals surface area contributed by atoms with Crippen molar-refractivity contribution in [1.29, 1.82) is 0 Å². The lowest BCUT2D eigenvalue weighted by Crippen LogP contribution is -2.30. The molecule has 0 saturated carbocycles. The molecule has 2 aliphatic rings. The third-order valence-corrected chi connectivity index (χ3v) is 6.79. The molecule has 0 amide bonds. The van der Waals surface area contributed by atoms with Crippen molar-refractivity contribution in [3.63, 3.8) is 0 Å². The van der Waals surface area contributed by atoms with E-state index in [1.54, 1.807) is 0 Å². The number of rotatable bonds is 2. The maximum absolute atomic E-state index is 5.06. The van der Waals surface area contributed by atoms with Gasteiger partial charge in [-0.25, -0.2) is 0 Å². The molecule has 0 radical (unpaired) electrons. The average Bonchev–Trinajstić information content (AvgIpc) is 2.89. The molecule has 4 aromatic heterocycles. The monoisotopic (exact) mass is 462 g/mol. The minimum atomic E-state index is 0.215. The largest absolute Gasteiger partial charge is 0.306 e. The van der Waals surface area contributed by atoms with E-state index in [-0.39, 0.29) is 5.92 Å². The SMILES string of the molecule is c1cc2nc(c1)CC(CN1Cc3cccc(n3)CCc3cccc(n3)C1)c1cccc(n1)CNC2. The summed E-state index contributed by atoms with van der Waals surface area (Å²) >= 11 is 0. The van der Waals surface area contributed by atoms with E-state index in [4.69, 9.17) is 19.9 Å². The van der Waals surface area contributed by atoms with Crippen LogP contribution in [0.1, 0.15) is 51.5 Å². The normalized spacial score (nSPS) is 18.2. The van der Waals surface area contributed by atoms with E-state index in [1.165, 1.54) is 0 Å². The van der Waals surface area contributed by atoms with Crippen molar-refractivity contribution < 1.29 is 0 Å². The molecule has 0 saturated heterocycles. The van der Waals surface area contributed by atoms with Crippen LogP contribution in [0.5, 0.6) is 0 Å². The molecule has 176 valence electrons. The van der Waals surface area contributed by atoms with E-state index in [0.29, 0.717) is 0 Å². The van der Waals surface area contributed by atoms with E-state index >= 15 is 0 Å². The molecule has 6 heteroatoms. The number of hydrogen-bond acceptors (Lipinski definition) is 6. The van der Waals surface area contributed by atoms with Crippen LogP contribution in [0.25, 0.3) is 0 Å². The topological polar surface area (TPSA) is 66.8 Å². The summed E-state index contributed by atoms with van der Waals surface area (Å²) in [5.74, 6) is 0.215. The zero-order valence-electron chi connectivity index (χ0n) is 19.9. The first-order valence-electron chi connectivity index (χ1n) is 12.5. The summed E-state index contributed by atoms with van der Waals surface area (Å²) in [5.41, 5.74) is 8.87. The van der Waals surface area contributed by atoms with Gasteiger partial charge in [-0.05, 0) is 67.8 Å². The Balaban J connectivity index is 1.36. The van der Waals surface area contributed by atoms with Crippen molar-refractivity contribution in [2.24, 2.45) is 0 Å². The van der Waals surface area contributed by atoms with Crippen LogP contribution < -0.4 is 5.32 Å². The van der Waals surface area contributed by atoms with Crippen LogP contribution >= 0.6 is 0 Å². The van der Waals surface area contributed by atoms with Crippen LogP contribution in [-0.4, -0.2) is 31.4 Å². The zero-order valence-corrected chi connectivity index (χ0v) is 19.9. The van der Waals surface area contributed by atoms with Gasteiger partial charge in [-0.15, -0.1) is 0 Å². The Kier molecular flexibility index (Phi) is 6.30. The van der Waals surface area contributed by atoms with Crippen molar-refractivity contribution in [3.05, 3.63) is 118 Å². The molecule has 1 N–H and O–H groups in total. The second kappa shape index (κ2) is 10.0. The number of hydrogen-bond donors (Lipinski definition) is 1. The lowest BCUT2D eigenvalue weighted by atomic mass is 9.96. The molecule has 35 heavy (non-hydrogen) atoms. The van der Waals surface area contributed by atoms with Gasteiger partial charge in [-0.2, -0.15) is 0 Å². The molecule has 6 heterocycles. The molecule has 6 nitrogen and oxygen atoms in total. The molecule has 8 bridgehead atoms. The highest BCUT2D eigenvalue weighted by molar-refractivity contribution is 5.22. The van der Waals surface area contributed by atoms with Crippen LogP contribution in [-0.2, 0) is 45.4 Å². The molecule has 0 aliphatic carbocycles. The summed E-state index contributed by atoms with van der Waals surface area (Å²) in [5, 5.41) is 3.49. The van der Waals surface area contributed by atoms with Gasteiger partial charge in [-0.1, -0.05) is 24.3 Å². The van der Waals surface area contributed by atoms with Gasteiger partial charge in [-0.3, -0.25) is 24.8 Å². The van der Waals surface area contributed by atoms with Crippen molar-refractivity contribution >= 4 is 0 Å². The van der Waals surface area contributed by atoms with E-state index < -0.39 is 0 Å². The Morgan fingerprint density at radius 2 is 1.11 bits per heavy atom. The summed E-state index contributed by atoms with van der Waals surface area (Å²) in [6.07, 6.45) is 2.68. The molecular formula is C29H30N6. The van der Waals surface area contributed by atoms with Gasteiger partial charge < -0.3 is 5.32 Å². The molecule has 0 fully saturated rings. The van der Waals surface area contributed by atoms with Crippen LogP contribution in [0.15, 0.2) is 72.8 Å². The first-order chi connectivity index (χ1) is 17.3. The highest BCUT2D eigenvalue weighted by Crippen LogP contribution is 2.24. The molecule has 0 aromatic carbocycles. The van der Waals surface area contributed by atoms with Gasteiger partial charge in [0.2, 0.25) is 0 Å². The fraction of sp³-hybridized carbons (Fsp3) is 0.310. The Morgan fingerprint density at radius 1 is 0.600 bits per heavy atom. The second-order valence-corrected chi connectivity index (χ2v) is 9.59. The van der Waals surface area contributed by atoms with E-state index in [9.17, 15) is 0 Å². The summed E-state index contributed by atoms with van der Waals surface area (Å²) in [6.45, 7) is 3.91. The molecule has 6 rings (SSSR count). The quantitative estimate of drug-likeness (QED) is 0.486. The fourth-order valence-corrected chi connectivity index (χ4v) is 5.12. The van der Waals surface area contributed by atoms with Gasteiger partial charge in [0.05, 0.1) is 22.8 Å². The van der Waals surface area contributed by atoms with Crippen molar-refractivity contribution in [2.75, 3.05) is 6.54 Å². The number of aromatic nitrogens is 4. The Hall–Kier alpha value is -3.48. The highest BCUT2D eigenvalue weighted by Gasteiger charge is 2.22. The number of aryl methyl sites for hydroxylation is 2.